The average Bonchev–Trinajstić information content (AvgIpc) is 2.87. The maximum absolute atomic E-state index is 11.7. The maximum Gasteiger partial charge on any atom is 0.191 e. The van der Waals surface area contributed by atoms with Crippen molar-refractivity contribution < 1.29 is 8.42 Å². The van der Waals surface area contributed by atoms with E-state index in [1.54, 1.807) is 20.9 Å². The lowest BCUT2D eigenvalue weighted by atomic mass is 9.83. The molecule has 0 heterocycles. The van der Waals surface area contributed by atoms with E-state index in [0.29, 0.717) is 17.9 Å². The minimum absolute atomic E-state index is 0. The summed E-state index contributed by atoms with van der Waals surface area (Å²) in [7, 11) is -1.38. The molecule has 1 aliphatic carbocycles. The number of aliphatic imine (C=N–C) groups is 1. The molecule has 0 aromatic rings. The Morgan fingerprint density at radius 3 is 2.18 bits per heavy atom. The number of nitrogens with one attached hydrogen (secondary N) is 2. The van der Waals surface area contributed by atoms with E-state index in [2.05, 4.69) is 22.5 Å². The molecule has 1 rings (SSSR count). The van der Waals surface area contributed by atoms with Gasteiger partial charge in [0, 0.05) is 26.4 Å². The van der Waals surface area contributed by atoms with Gasteiger partial charge in [-0.1, -0.05) is 19.8 Å². The molecule has 1 saturated carbocycles. The van der Waals surface area contributed by atoms with Crippen LogP contribution < -0.4 is 10.6 Å². The predicted octanol–water partition coefficient (Wildman–Crippen LogP) is 2.56. The highest BCUT2D eigenvalue weighted by molar-refractivity contribution is 14.0. The smallest absolute Gasteiger partial charge is 0.191 e. The first-order valence-electron chi connectivity index (χ1n) is 7.80. The van der Waals surface area contributed by atoms with Crippen LogP contribution in [0.3, 0.4) is 0 Å². The molecular weight excluding hydrogens is 413 g/mol. The fourth-order valence-corrected chi connectivity index (χ4v) is 3.03. The minimum atomic E-state index is -3.10. The van der Waals surface area contributed by atoms with Gasteiger partial charge in [0.05, 0.1) is 4.75 Å². The van der Waals surface area contributed by atoms with Gasteiger partial charge >= 0.3 is 0 Å². The van der Waals surface area contributed by atoms with Gasteiger partial charge in [-0.25, -0.2) is 8.42 Å². The van der Waals surface area contributed by atoms with Gasteiger partial charge in [0.1, 0.15) is 0 Å². The van der Waals surface area contributed by atoms with Crippen LogP contribution in [0.15, 0.2) is 4.99 Å². The van der Waals surface area contributed by atoms with Crippen molar-refractivity contribution in [1.29, 1.82) is 0 Å². The van der Waals surface area contributed by atoms with Gasteiger partial charge in [-0.05, 0) is 38.5 Å². The molecule has 2 N–H and O–H groups in total. The molecule has 0 amide bonds. The zero-order chi connectivity index (χ0) is 16.1. The van der Waals surface area contributed by atoms with Crippen LogP contribution >= 0.6 is 24.0 Å². The van der Waals surface area contributed by atoms with E-state index in [1.807, 2.05) is 0 Å². The fourth-order valence-electron chi connectivity index (χ4n) is 2.70. The molecule has 0 aliphatic heterocycles. The summed E-state index contributed by atoms with van der Waals surface area (Å²) in [6.45, 7) is 6.96. The summed E-state index contributed by atoms with van der Waals surface area (Å²) in [6, 6.07) is 0. The Hall–Kier alpha value is -0.0500. The van der Waals surface area contributed by atoms with E-state index in [-0.39, 0.29) is 24.0 Å². The lowest BCUT2D eigenvalue weighted by molar-refractivity contribution is 0.283. The van der Waals surface area contributed by atoms with Crippen molar-refractivity contribution in [1.82, 2.24) is 10.6 Å². The van der Waals surface area contributed by atoms with Crippen molar-refractivity contribution >= 4 is 39.8 Å². The fraction of sp³-hybridized carbons (Fsp3) is 0.933. The average molecular weight is 445 g/mol. The molecule has 5 nitrogen and oxygen atoms in total. The monoisotopic (exact) mass is 445 g/mol. The van der Waals surface area contributed by atoms with Gasteiger partial charge in [0.15, 0.2) is 15.8 Å². The lowest BCUT2D eigenvalue weighted by Crippen LogP contribution is -2.49. The summed E-state index contributed by atoms with van der Waals surface area (Å²) in [6.07, 6.45) is 7.59. The van der Waals surface area contributed by atoms with Crippen molar-refractivity contribution in [2.45, 2.75) is 57.6 Å². The van der Waals surface area contributed by atoms with E-state index in [0.717, 1.165) is 6.54 Å². The Morgan fingerprint density at radius 1 is 1.23 bits per heavy atom. The minimum Gasteiger partial charge on any atom is -0.356 e. The number of guanidine groups is 1. The lowest BCUT2D eigenvalue weighted by Gasteiger charge is -2.29. The summed E-state index contributed by atoms with van der Waals surface area (Å²) in [5, 5.41) is 6.51. The number of sulfone groups is 1. The van der Waals surface area contributed by atoms with Crippen LogP contribution in [0.2, 0.25) is 0 Å². The predicted molar refractivity (Wildman–Crippen MR) is 105 cm³/mol. The Bertz CT molecular complexity index is 469. The van der Waals surface area contributed by atoms with Crippen molar-refractivity contribution in [3.8, 4) is 0 Å². The van der Waals surface area contributed by atoms with E-state index in [1.165, 1.54) is 38.4 Å². The third-order valence-corrected chi connectivity index (χ3v) is 7.11. The largest absolute Gasteiger partial charge is 0.356 e. The van der Waals surface area contributed by atoms with Crippen LogP contribution in [-0.4, -0.2) is 45.5 Å². The molecule has 0 radical (unpaired) electrons. The first-order chi connectivity index (χ1) is 9.66. The summed E-state index contributed by atoms with van der Waals surface area (Å²) < 4.78 is 22.6. The Labute approximate surface area is 153 Å². The molecule has 1 fully saturated rings. The molecular formula is C15H32IN3O2S. The van der Waals surface area contributed by atoms with Crippen LogP contribution in [0.25, 0.3) is 0 Å². The number of hydrogen-bond donors (Lipinski definition) is 2. The van der Waals surface area contributed by atoms with Gasteiger partial charge in [-0.3, -0.25) is 4.99 Å². The van der Waals surface area contributed by atoms with E-state index >= 15 is 0 Å². The highest BCUT2D eigenvalue weighted by Crippen LogP contribution is 2.40. The topological polar surface area (TPSA) is 70.6 Å². The van der Waals surface area contributed by atoms with Gasteiger partial charge in [0.2, 0.25) is 0 Å². The Balaban J connectivity index is 0.00000441. The first-order valence-corrected chi connectivity index (χ1v) is 9.69. The summed E-state index contributed by atoms with van der Waals surface area (Å²) in [4.78, 5) is 4.20. The Morgan fingerprint density at radius 2 is 1.77 bits per heavy atom. The summed E-state index contributed by atoms with van der Waals surface area (Å²) in [5.74, 6) is 0.687. The molecule has 7 heteroatoms. The molecule has 132 valence electrons. The molecule has 0 spiro atoms. The van der Waals surface area contributed by atoms with Crippen molar-refractivity contribution in [3.63, 3.8) is 0 Å². The van der Waals surface area contributed by atoms with Gasteiger partial charge < -0.3 is 10.6 Å². The highest BCUT2D eigenvalue weighted by Gasteiger charge is 2.33. The van der Waals surface area contributed by atoms with Crippen LogP contribution in [0.5, 0.6) is 0 Å². The number of nitrogens with zero attached hydrogens (tertiary/aromatic N) is 1. The molecule has 0 saturated heterocycles. The molecule has 0 aromatic carbocycles. The van der Waals surface area contributed by atoms with Crippen LogP contribution in [0, 0.1) is 5.41 Å². The molecule has 0 atom stereocenters. The van der Waals surface area contributed by atoms with Gasteiger partial charge in [0.25, 0.3) is 0 Å². The van der Waals surface area contributed by atoms with Crippen LogP contribution in [-0.2, 0) is 9.84 Å². The van der Waals surface area contributed by atoms with Crippen molar-refractivity contribution in [2.24, 2.45) is 10.4 Å². The zero-order valence-electron chi connectivity index (χ0n) is 14.5. The van der Waals surface area contributed by atoms with Crippen molar-refractivity contribution in [3.05, 3.63) is 0 Å². The molecule has 1 aliphatic rings. The van der Waals surface area contributed by atoms with Gasteiger partial charge in [-0.15, -0.1) is 24.0 Å². The number of rotatable bonds is 6. The third-order valence-electron chi connectivity index (χ3n) is 4.95. The first kappa shape index (κ1) is 21.9. The molecule has 0 bridgehead atoms. The van der Waals surface area contributed by atoms with E-state index in [4.69, 9.17) is 0 Å². The standard InChI is InChI=1S/C15H31N3O2S.HI/c1-6-15(9-7-8-10-15)12-18-13(16-4)17-11-14(2,3)21(5,19)20;/h6-12H2,1-5H3,(H2,16,17,18);1H. The second-order valence-electron chi connectivity index (χ2n) is 6.87. The SMILES string of the molecule is CCC1(CNC(=NC)NCC(C)(C)S(C)(=O)=O)CCCC1.I. The molecule has 0 aromatic heterocycles. The quantitative estimate of drug-likeness (QED) is 0.375. The molecule has 22 heavy (non-hydrogen) atoms. The second-order valence-corrected chi connectivity index (χ2v) is 9.52. The van der Waals surface area contributed by atoms with E-state index < -0.39 is 14.6 Å². The van der Waals surface area contributed by atoms with Gasteiger partial charge in [-0.2, -0.15) is 0 Å². The summed E-state index contributed by atoms with van der Waals surface area (Å²) >= 11 is 0. The maximum atomic E-state index is 11.7. The second kappa shape index (κ2) is 8.70. The van der Waals surface area contributed by atoms with Crippen LogP contribution in [0.4, 0.5) is 0 Å². The zero-order valence-corrected chi connectivity index (χ0v) is 17.7. The summed E-state index contributed by atoms with van der Waals surface area (Å²) in [5.41, 5.74) is 0.379. The normalized spacial score (nSPS) is 18.7. The van der Waals surface area contributed by atoms with Crippen LogP contribution in [0.1, 0.15) is 52.9 Å². The van der Waals surface area contributed by atoms with E-state index in [9.17, 15) is 8.42 Å². The molecule has 0 unspecified atom stereocenters. The highest BCUT2D eigenvalue weighted by atomic mass is 127. The number of hydrogen-bond acceptors (Lipinski definition) is 3. The third kappa shape index (κ3) is 5.86. The Kier molecular flexibility index (Phi) is 8.68. The van der Waals surface area contributed by atoms with Crippen molar-refractivity contribution in [2.75, 3.05) is 26.4 Å². The number of halogens is 1.